The van der Waals surface area contributed by atoms with Crippen LogP contribution in [-0.4, -0.2) is 54.1 Å². The molecule has 4 rings (SSSR count). The van der Waals surface area contributed by atoms with Crippen molar-refractivity contribution in [2.75, 3.05) is 39.1 Å². The number of benzene rings is 1. The van der Waals surface area contributed by atoms with Crippen molar-refractivity contribution < 1.29 is 18.6 Å². The molecule has 1 N–H and O–H groups in total. The minimum absolute atomic E-state index is 0.0326. The number of hydrogen-bond donors (Lipinski definition) is 1. The van der Waals surface area contributed by atoms with Crippen LogP contribution in [0.25, 0.3) is 10.9 Å². The standard InChI is InChI=1S/C25H30F2N2O2S2/c1-31-18-4-5-22-19(15-18)24(21(27)16-28-22)20(26)6-7-25(17-30)8-10-29(11-9-25)12-14-33-23-3-2-13-32-23/h2-5,13,15-16,20,30H,6-12,14,17H2,1H3. The average molecular weight is 493 g/mol. The van der Waals surface area contributed by atoms with Gasteiger partial charge in [0.15, 0.2) is 0 Å². The molecular formula is C25H30F2N2O2S2. The molecule has 0 spiro atoms. The van der Waals surface area contributed by atoms with Crippen molar-refractivity contribution in [2.45, 2.75) is 36.1 Å². The van der Waals surface area contributed by atoms with Gasteiger partial charge in [-0.05, 0) is 73.8 Å². The van der Waals surface area contributed by atoms with E-state index < -0.39 is 12.0 Å². The number of thiophene rings is 1. The lowest BCUT2D eigenvalue weighted by atomic mass is 9.74. The first kappa shape index (κ1) is 24.4. The molecule has 33 heavy (non-hydrogen) atoms. The number of aliphatic hydroxyl groups is 1. The number of halogens is 2. The first-order valence-corrected chi connectivity index (χ1v) is 13.2. The van der Waals surface area contributed by atoms with Gasteiger partial charge in [0.2, 0.25) is 0 Å². The molecule has 0 radical (unpaired) electrons. The Hall–Kier alpha value is -1.74. The summed E-state index contributed by atoms with van der Waals surface area (Å²) in [4.78, 5) is 6.50. The monoisotopic (exact) mass is 492 g/mol. The van der Waals surface area contributed by atoms with Gasteiger partial charge in [-0.25, -0.2) is 8.78 Å². The number of piperidine rings is 1. The van der Waals surface area contributed by atoms with Crippen LogP contribution in [-0.2, 0) is 0 Å². The number of likely N-dealkylation sites (tertiary alicyclic amines) is 1. The van der Waals surface area contributed by atoms with E-state index >= 15 is 4.39 Å². The van der Waals surface area contributed by atoms with Crippen molar-refractivity contribution in [3.63, 3.8) is 0 Å². The van der Waals surface area contributed by atoms with Crippen LogP contribution < -0.4 is 4.74 Å². The number of methoxy groups -OCH3 is 1. The van der Waals surface area contributed by atoms with E-state index in [1.165, 1.54) is 11.3 Å². The molecule has 1 saturated heterocycles. The highest BCUT2D eigenvalue weighted by atomic mass is 32.2. The SMILES string of the molecule is COc1ccc2ncc(F)c(C(F)CCC3(CO)CCN(CCSc4cccs4)CC3)c2c1. The summed E-state index contributed by atoms with van der Waals surface area (Å²) in [7, 11) is 1.53. The molecule has 3 heterocycles. The topological polar surface area (TPSA) is 45.6 Å². The summed E-state index contributed by atoms with van der Waals surface area (Å²) in [5.74, 6) is 0.941. The lowest BCUT2D eigenvalue weighted by molar-refractivity contribution is 0.0321. The first-order valence-electron chi connectivity index (χ1n) is 11.3. The van der Waals surface area contributed by atoms with Gasteiger partial charge in [-0.15, -0.1) is 23.1 Å². The fourth-order valence-electron chi connectivity index (χ4n) is 4.55. The van der Waals surface area contributed by atoms with E-state index in [9.17, 15) is 9.50 Å². The number of hydrogen-bond acceptors (Lipinski definition) is 6. The highest BCUT2D eigenvalue weighted by Crippen LogP contribution is 2.40. The predicted molar refractivity (Wildman–Crippen MR) is 132 cm³/mol. The zero-order chi connectivity index (χ0) is 23.3. The fourth-order valence-corrected chi connectivity index (χ4v) is 6.41. The van der Waals surface area contributed by atoms with Crippen LogP contribution in [0, 0.1) is 11.2 Å². The molecule has 0 aliphatic carbocycles. The van der Waals surface area contributed by atoms with E-state index in [1.54, 1.807) is 29.5 Å². The van der Waals surface area contributed by atoms with E-state index in [4.69, 9.17) is 4.74 Å². The zero-order valence-corrected chi connectivity index (χ0v) is 20.4. The summed E-state index contributed by atoms with van der Waals surface area (Å²) in [5, 5.41) is 12.7. The van der Waals surface area contributed by atoms with Gasteiger partial charge >= 0.3 is 0 Å². The molecule has 8 heteroatoms. The maximum Gasteiger partial charge on any atom is 0.148 e. The van der Waals surface area contributed by atoms with Crippen molar-refractivity contribution >= 4 is 34.0 Å². The minimum Gasteiger partial charge on any atom is -0.497 e. The zero-order valence-electron chi connectivity index (χ0n) is 18.8. The Morgan fingerprint density at radius 2 is 2.12 bits per heavy atom. The number of rotatable bonds is 10. The number of aliphatic hydroxyl groups excluding tert-OH is 1. The predicted octanol–water partition coefficient (Wildman–Crippen LogP) is 6.10. The van der Waals surface area contributed by atoms with Crippen LogP contribution in [0.1, 0.15) is 37.4 Å². The summed E-state index contributed by atoms with van der Waals surface area (Å²) >= 11 is 3.63. The summed E-state index contributed by atoms with van der Waals surface area (Å²) in [5.41, 5.74) is 0.272. The van der Waals surface area contributed by atoms with Crippen LogP contribution in [0.2, 0.25) is 0 Å². The molecular weight excluding hydrogens is 462 g/mol. The minimum atomic E-state index is -1.47. The Morgan fingerprint density at radius 3 is 2.82 bits per heavy atom. The van der Waals surface area contributed by atoms with Crippen LogP contribution in [0.15, 0.2) is 46.1 Å². The van der Waals surface area contributed by atoms with E-state index in [0.29, 0.717) is 23.1 Å². The quantitative estimate of drug-likeness (QED) is 0.347. The normalized spacial score (nSPS) is 17.3. The Kier molecular flexibility index (Phi) is 8.22. The molecule has 4 nitrogen and oxygen atoms in total. The van der Waals surface area contributed by atoms with E-state index in [0.717, 1.165) is 44.4 Å². The van der Waals surface area contributed by atoms with Crippen LogP contribution in [0.4, 0.5) is 8.78 Å². The largest absolute Gasteiger partial charge is 0.497 e. The number of aromatic nitrogens is 1. The molecule has 1 unspecified atom stereocenters. The fraction of sp³-hybridized carbons (Fsp3) is 0.480. The van der Waals surface area contributed by atoms with Crippen molar-refractivity contribution in [3.8, 4) is 5.75 Å². The van der Waals surface area contributed by atoms with E-state index in [-0.39, 0.29) is 24.0 Å². The highest BCUT2D eigenvalue weighted by molar-refractivity contribution is 8.01. The van der Waals surface area contributed by atoms with Crippen molar-refractivity contribution in [1.29, 1.82) is 0 Å². The highest BCUT2D eigenvalue weighted by Gasteiger charge is 2.35. The van der Waals surface area contributed by atoms with Gasteiger partial charge in [0.1, 0.15) is 17.7 Å². The van der Waals surface area contributed by atoms with Crippen molar-refractivity contribution in [3.05, 3.63) is 53.3 Å². The summed E-state index contributed by atoms with van der Waals surface area (Å²) in [6.45, 7) is 2.83. The van der Waals surface area contributed by atoms with Gasteiger partial charge < -0.3 is 14.7 Å². The van der Waals surface area contributed by atoms with Gasteiger partial charge in [-0.2, -0.15) is 0 Å². The molecule has 3 aromatic rings. The summed E-state index contributed by atoms with van der Waals surface area (Å²) in [6, 6.07) is 9.30. The van der Waals surface area contributed by atoms with Crippen LogP contribution >= 0.6 is 23.1 Å². The summed E-state index contributed by atoms with van der Waals surface area (Å²) in [6.07, 6.45) is 1.97. The molecule has 2 aromatic heterocycles. The number of fused-ring (bicyclic) bond motifs is 1. The molecule has 178 valence electrons. The Morgan fingerprint density at radius 1 is 1.30 bits per heavy atom. The third-order valence-electron chi connectivity index (χ3n) is 6.71. The summed E-state index contributed by atoms with van der Waals surface area (Å²) < 4.78 is 36.6. The molecule has 0 saturated carbocycles. The third-order valence-corrected chi connectivity index (χ3v) is 8.82. The van der Waals surface area contributed by atoms with E-state index in [1.807, 2.05) is 11.8 Å². The number of pyridine rings is 1. The van der Waals surface area contributed by atoms with Gasteiger partial charge in [0.05, 0.1) is 23.0 Å². The van der Waals surface area contributed by atoms with Crippen LogP contribution in [0.3, 0.4) is 0 Å². The number of nitrogens with zero attached hydrogens (tertiary/aromatic N) is 2. The molecule has 1 atom stereocenters. The van der Waals surface area contributed by atoms with Crippen LogP contribution in [0.5, 0.6) is 5.75 Å². The number of ether oxygens (including phenoxy) is 1. The van der Waals surface area contributed by atoms with E-state index in [2.05, 4.69) is 27.4 Å². The molecule has 1 aromatic carbocycles. The number of alkyl halides is 1. The maximum atomic E-state index is 15.4. The lowest BCUT2D eigenvalue weighted by Gasteiger charge is -2.41. The van der Waals surface area contributed by atoms with Gasteiger partial charge in [0.25, 0.3) is 0 Å². The van der Waals surface area contributed by atoms with Crippen molar-refractivity contribution in [1.82, 2.24) is 9.88 Å². The second kappa shape index (κ2) is 11.1. The molecule has 0 amide bonds. The Labute approximate surface area is 202 Å². The molecule has 1 aliphatic heterocycles. The number of thioether (sulfide) groups is 1. The smallest absolute Gasteiger partial charge is 0.148 e. The lowest BCUT2D eigenvalue weighted by Crippen LogP contribution is -2.42. The third kappa shape index (κ3) is 5.85. The van der Waals surface area contributed by atoms with Gasteiger partial charge in [-0.1, -0.05) is 6.07 Å². The second-order valence-electron chi connectivity index (χ2n) is 8.69. The Balaban J connectivity index is 1.35. The molecule has 1 aliphatic rings. The second-order valence-corrected chi connectivity index (χ2v) is 11.0. The van der Waals surface area contributed by atoms with Gasteiger partial charge in [0, 0.05) is 29.9 Å². The van der Waals surface area contributed by atoms with Gasteiger partial charge in [-0.3, -0.25) is 4.98 Å². The first-order chi connectivity index (χ1) is 16.0. The average Bonchev–Trinajstić information content (AvgIpc) is 3.36. The maximum absolute atomic E-state index is 15.4. The Bertz CT molecular complexity index is 1040. The molecule has 1 fully saturated rings. The molecule has 0 bridgehead atoms. The van der Waals surface area contributed by atoms with Crippen molar-refractivity contribution in [2.24, 2.45) is 5.41 Å².